The Hall–Kier alpha value is -3.38. The molecule has 3 aromatic carbocycles. The van der Waals surface area contributed by atoms with Crippen LogP contribution in [0, 0.1) is 0 Å². The molecule has 7 nitrogen and oxygen atoms in total. The monoisotopic (exact) mass is 540 g/mol. The molecular formula is C24H23F3N2O5S2. The zero-order valence-corrected chi connectivity index (χ0v) is 21.1. The van der Waals surface area contributed by atoms with Crippen LogP contribution in [0.3, 0.4) is 0 Å². The quantitative estimate of drug-likeness (QED) is 0.341. The molecule has 0 saturated carbocycles. The van der Waals surface area contributed by atoms with E-state index in [1.54, 1.807) is 25.1 Å². The average molecular weight is 541 g/mol. The number of thioether (sulfide) groups is 1. The maximum Gasteiger partial charge on any atom is 0.416 e. The van der Waals surface area contributed by atoms with Crippen molar-refractivity contribution in [3.05, 3.63) is 72.3 Å². The molecule has 0 saturated heterocycles. The number of amides is 1. The second-order valence-corrected chi connectivity index (χ2v) is 10.6. The van der Waals surface area contributed by atoms with E-state index in [4.69, 9.17) is 9.47 Å². The molecule has 0 radical (unpaired) electrons. The first-order valence-electron chi connectivity index (χ1n) is 10.4. The summed E-state index contributed by atoms with van der Waals surface area (Å²) in [7, 11) is -1.10. The molecule has 0 bridgehead atoms. The fourth-order valence-corrected chi connectivity index (χ4v) is 5.03. The van der Waals surface area contributed by atoms with Gasteiger partial charge in [-0.3, -0.25) is 9.52 Å². The Labute approximate surface area is 211 Å². The summed E-state index contributed by atoms with van der Waals surface area (Å²) >= 11 is 1.30. The van der Waals surface area contributed by atoms with Crippen molar-refractivity contribution in [1.29, 1.82) is 0 Å². The minimum Gasteiger partial charge on any atom is -0.493 e. The highest BCUT2D eigenvalue weighted by Crippen LogP contribution is 2.34. The largest absolute Gasteiger partial charge is 0.493 e. The number of halogens is 3. The summed E-state index contributed by atoms with van der Waals surface area (Å²) in [6.07, 6.45) is -4.60. The minimum atomic E-state index is -4.60. The molecule has 192 valence electrons. The zero-order chi connectivity index (χ0) is 26.5. The van der Waals surface area contributed by atoms with E-state index in [-0.39, 0.29) is 16.5 Å². The summed E-state index contributed by atoms with van der Waals surface area (Å²) in [6, 6.07) is 14.5. The van der Waals surface area contributed by atoms with Gasteiger partial charge in [0.1, 0.15) is 0 Å². The van der Waals surface area contributed by atoms with Crippen molar-refractivity contribution in [3.63, 3.8) is 0 Å². The van der Waals surface area contributed by atoms with Crippen LogP contribution in [0.5, 0.6) is 11.5 Å². The third-order valence-electron chi connectivity index (χ3n) is 4.91. The molecule has 0 heterocycles. The molecule has 1 atom stereocenters. The van der Waals surface area contributed by atoms with E-state index in [9.17, 15) is 26.4 Å². The highest BCUT2D eigenvalue weighted by atomic mass is 32.2. The van der Waals surface area contributed by atoms with E-state index in [0.29, 0.717) is 23.3 Å². The smallest absolute Gasteiger partial charge is 0.416 e. The van der Waals surface area contributed by atoms with Gasteiger partial charge >= 0.3 is 6.18 Å². The van der Waals surface area contributed by atoms with E-state index in [2.05, 4.69) is 10.0 Å². The lowest BCUT2D eigenvalue weighted by molar-refractivity contribution is -0.137. The summed E-state index contributed by atoms with van der Waals surface area (Å²) in [5.41, 5.74) is -0.832. The Kier molecular flexibility index (Phi) is 8.41. The summed E-state index contributed by atoms with van der Waals surface area (Å²) in [6.45, 7) is 1.72. The van der Waals surface area contributed by atoms with Gasteiger partial charge in [0.25, 0.3) is 10.0 Å². The van der Waals surface area contributed by atoms with Crippen LogP contribution in [0.25, 0.3) is 0 Å². The molecule has 0 aromatic heterocycles. The van der Waals surface area contributed by atoms with Crippen LogP contribution >= 0.6 is 11.8 Å². The highest BCUT2D eigenvalue weighted by molar-refractivity contribution is 8.00. The van der Waals surface area contributed by atoms with Crippen LogP contribution in [-0.2, 0) is 21.0 Å². The first-order chi connectivity index (χ1) is 16.9. The molecule has 1 amide bonds. The SMILES string of the molecule is COc1ccc(S[C@H](C)C(=O)Nc2ccc(S(=O)(=O)Nc3cccc(C(F)(F)F)c3)cc2)cc1OC. The number of alkyl halides is 3. The number of sulfonamides is 1. The molecule has 3 rings (SSSR count). The van der Waals surface area contributed by atoms with Crippen LogP contribution in [0.4, 0.5) is 24.5 Å². The van der Waals surface area contributed by atoms with E-state index < -0.39 is 27.0 Å². The van der Waals surface area contributed by atoms with Gasteiger partial charge in [-0.05, 0) is 67.6 Å². The number of methoxy groups -OCH3 is 2. The van der Waals surface area contributed by atoms with Crippen molar-refractivity contribution in [2.75, 3.05) is 24.3 Å². The second-order valence-electron chi connectivity index (χ2n) is 7.47. The van der Waals surface area contributed by atoms with Crippen molar-refractivity contribution in [3.8, 4) is 11.5 Å². The normalized spacial score (nSPS) is 12.5. The molecule has 36 heavy (non-hydrogen) atoms. The molecule has 2 N–H and O–H groups in total. The molecule has 0 aliphatic carbocycles. The first-order valence-corrected chi connectivity index (χ1v) is 12.8. The zero-order valence-electron chi connectivity index (χ0n) is 19.4. The third kappa shape index (κ3) is 6.85. The van der Waals surface area contributed by atoms with Gasteiger partial charge in [0.15, 0.2) is 11.5 Å². The Morgan fingerprint density at radius 3 is 2.19 bits per heavy atom. The number of ether oxygens (including phenoxy) is 2. The van der Waals surface area contributed by atoms with E-state index in [0.717, 1.165) is 17.0 Å². The predicted molar refractivity (Wildman–Crippen MR) is 132 cm³/mol. The maximum atomic E-state index is 12.9. The maximum absolute atomic E-state index is 12.9. The Morgan fingerprint density at radius 2 is 1.58 bits per heavy atom. The lowest BCUT2D eigenvalue weighted by Crippen LogP contribution is -2.22. The molecule has 0 unspecified atom stereocenters. The summed E-state index contributed by atoms with van der Waals surface area (Å²) in [5, 5.41) is 2.22. The number of hydrogen-bond donors (Lipinski definition) is 2. The van der Waals surface area contributed by atoms with E-state index >= 15 is 0 Å². The number of carbonyl (C=O) groups is 1. The summed E-state index contributed by atoms with van der Waals surface area (Å²) in [5.74, 6) is 0.787. The van der Waals surface area contributed by atoms with Gasteiger partial charge in [0.05, 0.1) is 29.9 Å². The molecule has 3 aromatic rings. The third-order valence-corrected chi connectivity index (χ3v) is 7.40. The van der Waals surface area contributed by atoms with Crippen LogP contribution in [0.15, 0.2) is 76.5 Å². The van der Waals surface area contributed by atoms with E-state index in [1.807, 2.05) is 0 Å². The van der Waals surface area contributed by atoms with E-state index in [1.165, 1.54) is 56.3 Å². The van der Waals surface area contributed by atoms with Gasteiger partial charge in [0.2, 0.25) is 5.91 Å². The summed E-state index contributed by atoms with van der Waals surface area (Å²) in [4.78, 5) is 13.2. The number of carbonyl (C=O) groups excluding carboxylic acids is 1. The lowest BCUT2D eigenvalue weighted by Gasteiger charge is -2.14. The summed E-state index contributed by atoms with van der Waals surface area (Å²) < 4.78 is 76.5. The van der Waals surface area contributed by atoms with Gasteiger partial charge in [-0.15, -0.1) is 11.8 Å². The first kappa shape index (κ1) is 27.2. The molecule has 0 fully saturated rings. The van der Waals surface area contributed by atoms with Gasteiger partial charge in [-0.2, -0.15) is 13.2 Å². The van der Waals surface area contributed by atoms with Gasteiger partial charge in [0, 0.05) is 16.3 Å². The Morgan fingerprint density at radius 1 is 0.917 bits per heavy atom. The van der Waals surface area contributed by atoms with Crippen molar-refractivity contribution in [2.45, 2.75) is 28.1 Å². The van der Waals surface area contributed by atoms with Crippen molar-refractivity contribution >= 4 is 39.1 Å². The molecule has 0 aliphatic rings. The van der Waals surface area contributed by atoms with Crippen molar-refractivity contribution < 1.29 is 35.9 Å². The Balaban J connectivity index is 1.65. The van der Waals surface area contributed by atoms with Crippen LogP contribution in [-0.4, -0.2) is 33.8 Å². The second kappa shape index (κ2) is 11.1. The van der Waals surface area contributed by atoms with Gasteiger partial charge in [-0.1, -0.05) is 6.07 Å². The van der Waals surface area contributed by atoms with Crippen molar-refractivity contribution in [2.24, 2.45) is 0 Å². The molecule has 12 heteroatoms. The van der Waals surface area contributed by atoms with Gasteiger partial charge < -0.3 is 14.8 Å². The predicted octanol–water partition coefficient (Wildman–Crippen LogP) is 5.64. The standard InChI is InChI=1S/C24H23F3N2O5S2/c1-15(35-19-9-12-21(33-2)22(14-19)34-3)23(30)28-17-7-10-20(11-8-17)36(31,32)29-18-6-4-5-16(13-18)24(25,26)27/h4-15,29H,1-3H3,(H,28,30)/t15-/m1/s1. The lowest BCUT2D eigenvalue weighted by atomic mass is 10.2. The number of rotatable bonds is 9. The van der Waals surface area contributed by atoms with Crippen molar-refractivity contribution in [1.82, 2.24) is 0 Å². The highest BCUT2D eigenvalue weighted by Gasteiger charge is 2.30. The fourth-order valence-electron chi connectivity index (χ4n) is 3.08. The average Bonchev–Trinajstić information content (AvgIpc) is 2.83. The number of benzene rings is 3. The molecular weight excluding hydrogens is 517 g/mol. The number of anilines is 2. The molecule has 0 aliphatic heterocycles. The fraction of sp³-hybridized carbons (Fsp3) is 0.208. The van der Waals surface area contributed by atoms with Gasteiger partial charge in [-0.25, -0.2) is 8.42 Å². The van der Waals surface area contributed by atoms with Crippen LogP contribution in [0.1, 0.15) is 12.5 Å². The minimum absolute atomic E-state index is 0.175. The number of hydrogen-bond acceptors (Lipinski definition) is 6. The Bertz CT molecular complexity index is 1330. The molecule has 0 spiro atoms. The number of nitrogens with one attached hydrogen (secondary N) is 2. The van der Waals surface area contributed by atoms with Crippen LogP contribution < -0.4 is 19.5 Å². The topological polar surface area (TPSA) is 93.7 Å². The van der Waals surface area contributed by atoms with Crippen LogP contribution in [0.2, 0.25) is 0 Å².